The van der Waals surface area contributed by atoms with Gasteiger partial charge in [-0.05, 0) is 29.8 Å². The molecule has 2 rings (SSSR count). The zero-order valence-electron chi connectivity index (χ0n) is 11.8. The molecule has 0 aliphatic heterocycles. The summed E-state index contributed by atoms with van der Waals surface area (Å²) in [7, 11) is 0. The van der Waals surface area contributed by atoms with Crippen LogP contribution in [0.2, 0.25) is 0 Å². The molecule has 1 aromatic heterocycles. The van der Waals surface area contributed by atoms with Gasteiger partial charge in [-0.25, -0.2) is 9.18 Å². The van der Waals surface area contributed by atoms with Gasteiger partial charge in [0.05, 0.1) is 6.42 Å². The molecular formula is C16H15FN2O3. The van der Waals surface area contributed by atoms with Gasteiger partial charge in [-0.15, -0.1) is 0 Å². The summed E-state index contributed by atoms with van der Waals surface area (Å²) >= 11 is 0. The SMILES string of the molecule is NC(=O)N(O)CC#CCc1ccc(Cc2ccc(F)cc2)o1. The number of primary amides is 1. The van der Waals surface area contributed by atoms with E-state index in [1.165, 1.54) is 12.1 Å². The third-order valence-corrected chi connectivity index (χ3v) is 2.88. The number of carbonyl (C=O) groups is 1. The Balaban J connectivity index is 1.88. The van der Waals surface area contributed by atoms with Gasteiger partial charge in [0.25, 0.3) is 0 Å². The van der Waals surface area contributed by atoms with E-state index in [9.17, 15) is 9.18 Å². The van der Waals surface area contributed by atoms with Crippen molar-refractivity contribution in [1.29, 1.82) is 0 Å². The van der Waals surface area contributed by atoms with Crippen LogP contribution in [0.3, 0.4) is 0 Å². The molecule has 1 heterocycles. The van der Waals surface area contributed by atoms with E-state index in [-0.39, 0.29) is 12.4 Å². The summed E-state index contributed by atoms with van der Waals surface area (Å²) in [6.07, 6.45) is 0.926. The zero-order chi connectivity index (χ0) is 15.9. The van der Waals surface area contributed by atoms with Gasteiger partial charge in [-0.3, -0.25) is 5.21 Å². The predicted octanol–water partition coefficient (Wildman–Crippen LogP) is 2.33. The maximum absolute atomic E-state index is 12.8. The van der Waals surface area contributed by atoms with E-state index in [1.54, 1.807) is 18.2 Å². The van der Waals surface area contributed by atoms with Crippen LogP contribution in [0.15, 0.2) is 40.8 Å². The summed E-state index contributed by atoms with van der Waals surface area (Å²) in [6, 6.07) is 8.91. The molecule has 0 aliphatic rings. The fourth-order valence-electron chi connectivity index (χ4n) is 1.77. The number of nitrogens with two attached hydrogens (primary N) is 1. The van der Waals surface area contributed by atoms with E-state index in [4.69, 9.17) is 15.4 Å². The third kappa shape index (κ3) is 4.65. The lowest BCUT2D eigenvalue weighted by molar-refractivity contribution is -0.0269. The van der Waals surface area contributed by atoms with Crippen molar-refractivity contribution in [2.45, 2.75) is 12.8 Å². The number of urea groups is 1. The van der Waals surface area contributed by atoms with Gasteiger partial charge >= 0.3 is 6.03 Å². The second-order valence-corrected chi connectivity index (χ2v) is 4.60. The molecule has 0 atom stereocenters. The Morgan fingerprint density at radius 3 is 2.55 bits per heavy atom. The van der Waals surface area contributed by atoms with Gasteiger partial charge < -0.3 is 10.2 Å². The van der Waals surface area contributed by atoms with Crippen molar-refractivity contribution in [1.82, 2.24) is 5.06 Å². The monoisotopic (exact) mass is 302 g/mol. The lowest BCUT2D eigenvalue weighted by Crippen LogP contribution is -2.32. The Kier molecular flexibility index (Phi) is 5.17. The first kappa shape index (κ1) is 15.6. The number of furan rings is 1. The van der Waals surface area contributed by atoms with Crippen molar-refractivity contribution in [3.8, 4) is 11.8 Å². The zero-order valence-corrected chi connectivity index (χ0v) is 11.8. The molecule has 0 radical (unpaired) electrons. The van der Waals surface area contributed by atoms with E-state index in [0.717, 1.165) is 11.3 Å². The van der Waals surface area contributed by atoms with Gasteiger partial charge in [-0.1, -0.05) is 24.0 Å². The summed E-state index contributed by atoms with van der Waals surface area (Å²) < 4.78 is 18.4. The lowest BCUT2D eigenvalue weighted by Gasteiger charge is -2.05. The number of halogens is 1. The smallest absolute Gasteiger partial charge is 0.339 e. The maximum atomic E-state index is 12.8. The molecule has 0 saturated heterocycles. The molecule has 0 bridgehead atoms. The largest absolute Gasteiger partial charge is 0.465 e. The topological polar surface area (TPSA) is 79.7 Å². The lowest BCUT2D eigenvalue weighted by atomic mass is 10.1. The Bertz CT molecular complexity index is 698. The summed E-state index contributed by atoms with van der Waals surface area (Å²) in [5.41, 5.74) is 5.79. The molecule has 3 N–H and O–H groups in total. The molecule has 0 aliphatic carbocycles. The van der Waals surface area contributed by atoms with E-state index in [2.05, 4.69) is 11.8 Å². The number of hydroxylamine groups is 2. The minimum absolute atomic E-state index is 0.154. The minimum atomic E-state index is -0.950. The number of benzene rings is 1. The van der Waals surface area contributed by atoms with Crippen LogP contribution in [0, 0.1) is 17.7 Å². The Morgan fingerprint density at radius 2 is 1.86 bits per heavy atom. The summed E-state index contributed by atoms with van der Waals surface area (Å²) in [5, 5.41) is 9.35. The number of carbonyl (C=O) groups excluding carboxylic acids is 1. The highest BCUT2D eigenvalue weighted by atomic mass is 19.1. The molecule has 2 aromatic rings. The molecule has 5 nitrogen and oxygen atoms in total. The van der Waals surface area contributed by atoms with E-state index >= 15 is 0 Å². The van der Waals surface area contributed by atoms with Crippen LogP contribution in [-0.2, 0) is 12.8 Å². The quantitative estimate of drug-likeness (QED) is 0.517. The number of hydrogen-bond acceptors (Lipinski definition) is 3. The van der Waals surface area contributed by atoms with Crippen LogP contribution in [0.25, 0.3) is 0 Å². The Labute approximate surface area is 127 Å². The molecule has 6 heteroatoms. The van der Waals surface area contributed by atoms with E-state index < -0.39 is 6.03 Å². The fraction of sp³-hybridized carbons (Fsp3) is 0.188. The molecule has 114 valence electrons. The predicted molar refractivity (Wildman–Crippen MR) is 77.5 cm³/mol. The number of hydrogen-bond donors (Lipinski definition) is 2. The van der Waals surface area contributed by atoms with Crippen LogP contribution >= 0.6 is 0 Å². The van der Waals surface area contributed by atoms with E-state index in [1.807, 2.05) is 6.07 Å². The molecule has 0 fully saturated rings. The number of rotatable bonds is 4. The van der Waals surface area contributed by atoms with Crippen molar-refractivity contribution in [3.63, 3.8) is 0 Å². The van der Waals surface area contributed by atoms with Crippen LogP contribution in [-0.4, -0.2) is 22.8 Å². The molecule has 0 spiro atoms. The van der Waals surface area contributed by atoms with Crippen LogP contribution in [0.1, 0.15) is 17.1 Å². The number of nitrogens with zero attached hydrogens (tertiary/aromatic N) is 1. The molecule has 2 amide bonds. The second kappa shape index (κ2) is 7.29. The van der Waals surface area contributed by atoms with Crippen molar-refractivity contribution in [3.05, 3.63) is 59.3 Å². The molecular weight excluding hydrogens is 287 g/mol. The van der Waals surface area contributed by atoms with Crippen molar-refractivity contribution in [2.24, 2.45) is 5.73 Å². The number of amides is 2. The molecule has 22 heavy (non-hydrogen) atoms. The van der Waals surface area contributed by atoms with Crippen molar-refractivity contribution in [2.75, 3.05) is 6.54 Å². The van der Waals surface area contributed by atoms with Gasteiger partial charge in [-0.2, -0.15) is 5.06 Å². The normalized spacial score (nSPS) is 9.91. The van der Waals surface area contributed by atoms with Crippen LogP contribution in [0.4, 0.5) is 9.18 Å². The first-order chi connectivity index (χ1) is 10.5. The average molecular weight is 302 g/mol. The van der Waals surface area contributed by atoms with Gasteiger partial charge in [0.1, 0.15) is 23.9 Å². The van der Waals surface area contributed by atoms with Crippen molar-refractivity contribution >= 4 is 6.03 Å². The highest BCUT2D eigenvalue weighted by Crippen LogP contribution is 2.14. The molecule has 0 saturated carbocycles. The minimum Gasteiger partial charge on any atom is -0.465 e. The highest BCUT2D eigenvalue weighted by molar-refractivity contribution is 5.70. The second-order valence-electron chi connectivity index (χ2n) is 4.60. The molecule has 1 aromatic carbocycles. The first-order valence-electron chi connectivity index (χ1n) is 6.58. The summed E-state index contributed by atoms with van der Waals surface area (Å²) in [6.45, 7) is -0.154. The standard InChI is InChI=1S/C16H15FN2O3/c17-13-6-4-12(5-7-13)11-15-9-8-14(22-15)3-1-2-10-19(21)16(18)20/h4-9,21H,3,10-11H2,(H2,18,20). The summed E-state index contributed by atoms with van der Waals surface area (Å²) in [4.78, 5) is 10.5. The Hall–Kier alpha value is -2.78. The highest BCUT2D eigenvalue weighted by Gasteiger charge is 2.04. The van der Waals surface area contributed by atoms with E-state index in [0.29, 0.717) is 23.7 Å². The third-order valence-electron chi connectivity index (χ3n) is 2.88. The van der Waals surface area contributed by atoms with Crippen molar-refractivity contribution < 1.29 is 18.8 Å². The first-order valence-corrected chi connectivity index (χ1v) is 6.58. The average Bonchev–Trinajstić information content (AvgIpc) is 2.93. The van der Waals surface area contributed by atoms with Gasteiger partial charge in [0.15, 0.2) is 0 Å². The van der Waals surface area contributed by atoms with Crippen LogP contribution < -0.4 is 5.73 Å². The van der Waals surface area contributed by atoms with Crippen LogP contribution in [0.5, 0.6) is 0 Å². The summed E-state index contributed by atoms with van der Waals surface area (Å²) in [5.74, 6) is 6.53. The van der Waals surface area contributed by atoms with Gasteiger partial charge in [0.2, 0.25) is 0 Å². The maximum Gasteiger partial charge on any atom is 0.339 e. The molecule has 0 unspecified atom stereocenters. The Morgan fingerprint density at radius 1 is 1.18 bits per heavy atom. The van der Waals surface area contributed by atoms with Gasteiger partial charge in [0, 0.05) is 6.42 Å². The fourth-order valence-corrected chi connectivity index (χ4v) is 1.77.